The smallest absolute Gasteiger partial charge is 0.248 e. The van der Waals surface area contributed by atoms with Crippen molar-refractivity contribution in [1.82, 2.24) is 0 Å². The average Bonchev–Trinajstić information content (AvgIpc) is 2.86. The molecule has 0 heterocycles. The minimum absolute atomic E-state index is 0.300. The lowest BCUT2D eigenvalue weighted by Gasteiger charge is -2.08. The Balaban J connectivity index is 2.53. The van der Waals surface area contributed by atoms with Crippen molar-refractivity contribution in [3.63, 3.8) is 0 Å². The quantitative estimate of drug-likeness (QED) is 0.733. The van der Waals surface area contributed by atoms with Crippen molar-refractivity contribution >= 4 is 5.91 Å². The fraction of sp³-hybridized carbons (Fsp3) is 0.364. The molecule has 2 nitrogen and oxygen atoms in total. The van der Waals surface area contributed by atoms with Crippen LogP contribution in [-0.4, -0.2) is 5.91 Å². The Bertz CT molecular complexity index is 353. The number of primary amides is 1. The molecule has 0 radical (unpaired) electrons. The summed E-state index contributed by atoms with van der Waals surface area (Å²) in [5.41, 5.74) is 8.39. The number of carbonyl (C=O) groups excluding carboxylic acids is 1. The highest BCUT2D eigenvalue weighted by molar-refractivity contribution is 5.95. The molecule has 1 amide bonds. The van der Waals surface area contributed by atoms with Gasteiger partial charge in [-0.05, 0) is 42.9 Å². The van der Waals surface area contributed by atoms with Crippen molar-refractivity contribution in [2.24, 2.45) is 5.73 Å². The van der Waals surface area contributed by atoms with Gasteiger partial charge in [0, 0.05) is 5.56 Å². The van der Waals surface area contributed by atoms with E-state index < -0.39 is 0 Å². The Hall–Kier alpha value is -1.31. The molecule has 1 aromatic carbocycles. The minimum atomic E-state index is -0.300. The van der Waals surface area contributed by atoms with Crippen LogP contribution >= 0.6 is 0 Å². The molecule has 2 heteroatoms. The summed E-state index contributed by atoms with van der Waals surface area (Å²) >= 11 is 0. The van der Waals surface area contributed by atoms with Crippen LogP contribution in [0.5, 0.6) is 0 Å². The summed E-state index contributed by atoms with van der Waals surface area (Å²) in [5, 5.41) is 0. The van der Waals surface area contributed by atoms with Gasteiger partial charge in [-0.15, -0.1) is 0 Å². The highest BCUT2D eigenvalue weighted by atomic mass is 16.1. The molecular formula is C11H13NO. The molecule has 68 valence electrons. The molecule has 13 heavy (non-hydrogen) atoms. The molecule has 0 bridgehead atoms. The van der Waals surface area contributed by atoms with Gasteiger partial charge in [0.15, 0.2) is 0 Å². The molecule has 1 aliphatic carbocycles. The van der Waals surface area contributed by atoms with Gasteiger partial charge >= 0.3 is 0 Å². The molecule has 2 N–H and O–H groups in total. The minimum Gasteiger partial charge on any atom is -0.366 e. The fourth-order valence-corrected chi connectivity index (χ4v) is 1.81. The first-order chi connectivity index (χ1) is 6.20. The van der Waals surface area contributed by atoms with Crippen molar-refractivity contribution in [2.75, 3.05) is 0 Å². The van der Waals surface area contributed by atoms with E-state index in [1.54, 1.807) is 0 Å². The van der Waals surface area contributed by atoms with Crippen LogP contribution in [0.15, 0.2) is 18.2 Å². The van der Waals surface area contributed by atoms with Crippen LogP contribution < -0.4 is 5.73 Å². The molecule has 0 unspecified atom stereocenters. The fourth-order valence-electron chi connectivity index (χ4n) is 1.81. The normalized spacial score (nSPS) is 15.8. The van der Waals surface area contributed by atoms with Crippen LogP contribution in [0, 0.1) is 6.92 Å². The van der Waals surface area contributed by atoms with Gasteiger partial charge in [0.05, 0.1) is 0 Å². The number of amides is 1. The van der Waals surface area contributed by atoms with Gasteiger partial charge in [0.1, 0.15) is 0 Å². The number of hydrogen-bond donors (Lipinski definition) is 1. The van der Waals surface area contributed by atoms with E-state index in [1.165, 1.54) is 24.0 Å². The zero-order valence-electron chi connectivity index (χ0n) is 7.71. The van der Waals surface area contributed by atoms with Crippen LogP contribution in [0.1, 0.15) is 40.2 Å². The zero-order chi connectivity index (χ0) is 9.42. The number of benzene rings is 1. The van der Waals surface area contributed by atoms with Crippen LogP contribution in [0.4, 0.5) is 0 Å². The van der Waals surface area contributed by atoms with Gasteiger partial charge < -0.3 is 5.73 Å². The van der Waals surface area contributed by atoms with E-state index in [1.807, 2.05) is 25.1 Å². The highest BCUT2D eigenvalue weighted by Gasteiger charge is 2.28. The Morgan fingerprint density at radius 2 is 2.15 bits per heavy atom. The molecule has 1 saturated carbocycles. The molecule has 2 rings (SSSR count). The lowest BCUT2D eigenvalue weighted by molar-refractivity contribution is 0.0999. The van der Waals surface area contributed by atoms with Gasteiger partial charge in [-0.3, -0.25) is 4.79 Å². The van der Waals surface area contributed by atoms with Crippen molar-refractivity contribution in [2.45, 2.75) is 25.7 Å². The largest absolute Gasteiger partial charge is 0.366 e. The zero-order valence-corrected chi connectivity index (χ0v) is 7.71. The molecule has 0 aliphatic heterocycles. The Morgan fingerprint density at radius 1 is 1.46 bits per heavy atom. The first kappa shape index (κ1) is 8.30. The number of aryl methyl sites for hydroxylation is 1. The molecule has 1 aliphatic rings. The van der Waals surface area contributed by atoms with Crippen molar-refractivity contribution < 1.29 is 4.79 Å². The van der Waals surface area contributed by atoms with Crippen LogP contribution in [0.3, 0.4) is 0 Å². The number of carbonyl (C=O) groups is 1. The number of rotatable bonds is 2. The van der Waals surface area contributed by atoms with Gasteiger partial charge in [0.25, 0.3) is 0 Å². The second-order valence-electron chi connectivity index (χ2n) is 3.67. The maximum absolute atomic E-state index is 11.1. The summed E-state index contributed by atoms with van der Waals surface area (Å²) in [7, 11) is 0. The Labute approximate surface area is 77.8 Å². The summed E-state index contributed by atoms with van der Waals surface area (Å²) in [6, 6.07) is 5.75. The molecule has 0 atom stereocenters. The van der Waals surface area contributed by atoms with Gasteiger partial charge in [-0.2, -0.15) is 0 Å². The Kier molecular flexibility index (Phi) is 1.83. The van der Waals surface area contributed by atoms with Gasteiger partial charge in [0.2, 0.25) is 5.91 Å². The maximum Gasteiger partial charge on any atom is 0.248 e. The third-order valence-corrected chi connectivity index (χ3v) is 2.58. The monoisotopic (exact) mass is 175 g/mol. The second-order valence-corrected chi connectivity index (χ2v) is 3.67. The van der Waals surface area contributed by atoms with E-state index in [2.05, 4.69) is 0 Å². The van der Waals surface area contributed by atoms with Crippen LogP contribution in [-0.2, 0) is 0 Å². The van der Waals surface area contributed by atoms with Crippen molar-refractivity contribution in [3.8, 4) is 0 Å². The topological polar surface area (TPSA) is 43.1 Å². The van der Waals surface area contributed by atoms with Gasteiger partial charge in [-0.25, -0.2) is 0 Å². The summed E-state index contributed by atoms with van der Waals surface area (Å²) < 4.78 is 0. The van der Waals surface area contributed by atoms with E-state index in [9.17, 15) is 4.79 Å². The van der Waals surface area contributed by atoms with E-state index in [4.69, 9.17) is 5.73 Å². The third kappa shape index (κ3) is 1.44. The molecule has 0 saturated heterocycles. The Morgan fingerprint density at radius 3 is 2.69 bits per heavy atom. The lowest BCUT2D eigenvalue weighted by atomic mass is 9.97. The standard InChI is InChI=1S/C11H13NO/c1-7-3-2-4-9(11(12)13)10(7)8-5-6-8/h2-4,8H,5-6H2,1H3,(H2,12,13). The van der Waals surface area contributed by atoms with E-state index in [0.29, 0.717) is 11.5 Å². The highest BCUT2D eigenvalue weighted by Crippen LogP contribution is 2.43. The van der Waals surface area contributed by atoms with Crippen LogP contribution in [0.25, 0.3) is 0 Å². The molecule has 1 fully saturated rings. The van der Waals surface area contributed by atoms with Crippen molar-refractivity contribution in [1.29, 1.82) is 0 Å². The first-order valence-corrected chi connectivity index (χ1v) is 4.59. The summed E-state index contributed by atoms with van der Waals surface area (Å²) in [6.07, 6.45) is 2.40. The SMILES string of the molecule is Cc1cccc(C(N)=O)c1C1CC1. The second kappa shape index (κ2) is 2.87. The third-order valence-electron chi connectivity index (χ3n) is 2.58. The first-order valence-electron chi connectivity index (χ1n) is 4.59. The molecule has 1 aromatic rings. The average molecular weight is 175 g/mol. The van der Waals surface area contributed by atoms with Crippen molar-refractivity contribution in [3.05, 3.63) is 34.9 Å². The molecule has 0 spiro atoms. The lowest BCUT2D eigenvalue weighted by Crippen LogP contribution is -2.14. The van der Waals surface area contributed by atoms with E-state index in [0.717, 1.165) is 0 Å². The summed E-state index contributed by atoms with van der Waals surface area (Å²) in [4.78, 5) is 11.1. The van der Waals surface area contributed by atoms with E-state index >= 15 is 0 Å². The van der Waals surface area contributed by atoms with E-state index in [-0.39, 0.29) is 5.91 Å². The van der Waals surface area contributed by atoms with Crippen LogP contribution in [0.2, 0.25) is 0 Å². The maximum atomic E-state index is 11.1. The summed E-state index contributed by atoms with van der Waals surface area (Å²) in [5.74, 6) is 0.286. The molecular weight excluding hydrogens is 162 g/mol. The molecule has 0 aromatic heterocycles. The predicted octanol–water partition coefficient (Wildman–Crippen LogP) is 1.97. The number of hydrogen-bond acceptors (Lipinski definition) is 1. The van der Waals surface area contributed by atoms with Gasteiger partial charge in [-0.1, -0.05) is 12.1 Å². The summed E-state index contributed by atoms with van der Waals surface area (Å²) in [6.45, 7) is 2.04. The number of nitrogens with two attached hydrogens (primary N) is 1. The predicted molar refractivity (Wildman–Crippen MR) is 51.7 cm³/mol.